The molecule has 4 nitrogen and oxygen atoms in total. The summed E-state index contributed by atoms with van der Waals surface area (Å²) in [6.07, 6.45) is 5.71. The predicted octanol–water partition coefficient (Wildman–Crippen LogP) is 2.90. The molecule has 19 heavy (non-hydrogen) atoms. The second kappa shape index (κ2) is 6.06. The third kappa shape index (κ3) is 3.18. The Balaban J connectivity index is 1.93. The van der Waals surface area contributed by atoms with Crippen LogP contribution in [0.5, 0.6) is 0 Å². The van der Waals surface area contributed by atoms with E-state index in [4.69, 9.17) is 4.74 Å². The van der Waals surface area contributed by atoms with Crippen molar-refractivity contribution < 1.29 is 4.74 Å². The molecule has 0 amide bonds. The molecule has 2 rings (SSSR count). The Kier molecular flexibility index (Phi) is 4.63. The van der Waals surface area contributed by atoms with E-state index in [-0.39, 0.29) is 11.6 Å². The summed E-state index contributed by atoms with van der Waals surface area (Å²) in [6, 6.07) is 2.65. The minimum absolute atomic E-state index is 0.0820. The van der Waals surface area contributed by atoms with Crippen LogP contribution in [0.15, 0.2) is 12.3 Å². The number of nitrogens with one attached hydrogen (secondary N) is 1. The van der Waals surface area contributed by atoms with E-state index in [0.29, 0.717) is 6.04 Å². The lowest BCUT2D eigenvalue weighted by atomic mass is 9.95. The molecule has 0 aromatic carbocycles. The Morgan fingerprint density at radius 1 is 1.53 bits per heavy atom. The second-order valence-electron chi connectivity index (χ2n) is 5.79. The van der Waals surface area contributed by atoms with Gasteiger partial charge in [-0.2, -0.15) is 5.10 Å². The van der Waals surface area contributed by atoms with Gasteiger partial charge in [0.15, 0.2) is 0 Å². The minimum atomic E-state index is 0.0820. The number of ether oxygens (including phenoxy) is 1. The van der Waals surface area contributed by atoms with Crippen LogP contribution in [0.3, 0.4) is 0 Å². The maximum Gasteiger partial charge on any atom is 0.0762 e. The van der Waals surface area contributed by atoms with E-state index in [0.717, 1.165) is 38.1 Å². The summed E-state index contributed by atoms with van der Waals surface area (Å²) < 4.78 is 7.75. The smallest absolute Gasteiger partial charge is 0.0762 e. The lowest BCUT2D eigenvalue weighted by molar-refractivity contribution is 0.0880. The zero-order valence-corrected chi connectivity index (χ0v) is 12.6. The van der Waals surface area contributed by atoms with Gasteiger partial charge in [-0.05, 0) is 39.2 Å². The molecule has 1 N–H and O–H groups in total. The van der Waals surface area contributed by atoms with Crippen molar-refractivity contribution in [3.8, 4) is 0 Å². The van der Waals surface area contributed by atoms with Gasteiger partial charge < -0.3 is 10.1 Å². The van der Waals surface area contributed by atoms with Crippen LogP contribution in [-0.2, 0) is 11.3 Å². The largest absolute Gasteiger partial charge is 0.377 e. The normalized spacial score (nSPS) is 27.3. The molecule has 2 atom stereocenters. The summed E-state index contributed by atoms with van der Waals surface area (Å²) in [4.78, 5) is 0. The molecule has 4 heteroatoms. The number of nitrogens with zero attached hydrogens (tertiary/aromatic N) is 2. The van der Waals surface area contributed by atoms with Crippen LogP contribution in [0.1, 0.15) is 58.7 Å². The van der Waals surface area contributed by atoms with E-state index in [1.165, 1.54) is 0 Å². The van der Waals surface area contributed by atoms with Crippen molar-refractivity contribution in [3.63, 3.8) is 0 Å². The molecular formula is C15H27N3O. The molecule has 1 fully saturated rings. The Hall–Kier alpha value is -0.870. The fraction of sp³-hybridized carbons (Fsp3) is 0.800. The van der Waals surface area contributed by atoms with Gasteiger partial charge in [-0.15, -0.1) is 0 Å². The highest BCUT2D eigenvalue weighted by molar-refractivity contribution is 5.02. The van der Waals surface area contributed by atoms with Crippen LogP contribution in [0, 0.1) is 0 Å². The zero-order valence-electron chi connectivity index (χ0n) is 12.6. The number of rotatable bonds is 6. The number of hydrogen-bond acceptors (Lipinski definition) is 3. The Morgan fingerprint density at radius 2 is 2.26 bits per heavy atom. The topological polar surface area (TPSA) is 39.1 Å². The SMILES string of the molecule is CCC(CC)n1ccc(CNC2(C)CCOC2C)n1. The van der Waals surface area contributed by atoms with Crippen molar-refractivity contribution in [2.24, 2.45) is 0 Å². The van der Waals surface area contributed by atoms with E-state index >= 15 is 0 Å². The number of hydrogen-bond donors (Lipinski definition) is 1. The predicted molar refractivity (Wildman–Crippen MR) is 77.1 cm³/mol. The molecule has 1 aromatic heterocycles. The highest BCUT2D eigenvalue weighted by atomic mass is 16.5. The maximum atomic E-state index is 5.65. The zero-order chi connectivity index (χ0) is 13.9. The molecule has 1 aliphatic rings. The van der Waals surface area contributed by atoms with Crippen LogP contribution in [0.4, 0.5) is 0 Å². The van der Waals surface area contributed by atoms with Crippen LogP contribution >= 0.6 is 0 Å². The van der Waals surface area contributed by atoms with E-state index in [2.05, 4.69) is 55.1 Å². The number of aromatic nitrogens is 2. The fourth-order valence-electron chi connectivity index (χ4n) is 2.70. The molecule has 1 aliphatic heterocycles. The first kappa shape index (κ1) is 14.5. The highest BCUT2D eigenvalue weighted by Gasteiger charge is 2.36. The summed E-state index contributed by atoms with van der Waals surface area (Å²) in [7, 11) is 0. The molecule has 2 heterocycles. The van der Waals surface area contributed by atoms with Gasteiger partial charge in [0.05, 0.1) is 17.8 Å². The molecule has 0 radical (unpaired) electrons. The Labute approximate surface area is 116 Å². The Morgan fingerprint density at radius 3 is 2.84 bits per heavy atom. The third-order valence-electron chi connectivity index (χ3n) is 4.54. The van der Waals surface area contributed by atoms with Gasteiger partial charge >= 0.3 is 0 Å². The summed E-state index contributed by atoms with van der Waals surface area (Å²) in [6.45, 7) is 10.5. The molecular weight excluding hydrogens is 238 g/mol. The van der Waals surface area contributed by atoms with Crippen molar-refractivity contribution in [2.45, 2.75) is 71.2 Å². The van der Waals surface area contributed by atoms with Gasteiger partial charge in [-0.3, -0.25) is 4.68 Å². The first-order chi connectivity index (χ1) is 9.09. The maximum absolute atomic E-state index is 5.65. The minimum Gasteiger partial charge on any atom is -0.377 e. The van der Waals surface area contributed by atoms with Gasteiger partial charge in [0.1, 0.15) is 0 Å². The molecule has 2 unspecified atom stereocenters. The first-order valence-electron chi connectivity index (χ1n) is 7.49. The average Bonchev–Trinajstić information content (AvgIpc) is 2.98. The van der Waals surface area contributed by atoms with Crippen molar-refractivity contribution in [1.82, 2.24) is 15.1 Å². The van der Waals surface area contributed by atoms with E-state index in [1.807, 2.05) is 0 Å². The Bertz CT molecular complexity index is 400. The lowest BCUT2D eigenvalue weighted by Gasteiger charge is -2.28. The van der Waals surface area contributed by atoms with Crippen molar-refractivity contribution in [3.05, 3.63) is 18.0 Å². The molecule has 1 aromatic rings. The quantitative estimate of drug-likeness (QED) is 0.859. The standard InChI is InChI=1S/C15H27N3O/c1-5-14(6-2)18-9-7-13(17-18)11-16-15(4)8-10-19-12(15)3/h7,9,12,14,16H,5-6,8,10-11H2,1-4H3. The average molecular weight is 265 g/mol. The van der Waals surface area contributed by atoms with Crippen LogP contribution in [-0.4, -0.2) is 28.0 Å². The second-order valence-corrected chi connectivity index (χ2v) is 5.79. The van der Waals surface area contributed by atoms with Crippen molar-refractivity contribution >= 4 is 0 Å². The van der Waals surface area contributed by atoms with Crippen LogP contribution < -0.4 is 5.32 Å². The monoisotopic (exact) mass is 265 g/mol. The summed E-state index contributed by atoms with van der Waals surface area (Å²) in [5.74, 6) is 0. The lowest BCUT2D eigenvalue weighted by Crippen LogP contribution is -2.47. The highest BCUT2D eigenvalue weighted by Crippen LogP contribution is 2.25. The van der Waals surface area contributed by atoms with Gasteiger partial charge in [-0.1, -0.05) is 13.8 Å². The van der Waals surface area contributed by atoms with Gasteiger partial charge in [-0.25, -0.2) is 0 Å². The molecule has 0 bridgehead atoms. The molecule has 0 saturated carbocycles. The van der Waals surface area contributed by atoms with Crippen molar-refractivity contribution in [2.75, 3.05) is 6.61 Å². The molecule has 1 saturated heterocycles. The van der Waals surface area contributed by atoms with E-state index in [9.17, 15) is 0 Å². The fourth-order valence-corrected chi connectivity index (χ4v) is 2.70. The van der Waals surface area contributed by atoms with Gasteiger partial charge in [0, 0.05) is 24.9 Å². The summed E-state index contributed by atoms with van der Waals surface area (Å²) >= 11 is 0. The molecule has 0 aliphatic carbocycles. The van der Waals surface area contributed by atoms with Crippen LogP contribution in [0.25, 0.3) is 0 Å². The van der Waals surface area contributed by atoms with Gasteiger partial charge in [0.2, 0.25) is 0 Å². The van der Waals surface area contributed by atoms with Crippen molar-refractivity contribution in [1.29, 1.82) is 0 Å². The van der Waals surface area contributed by atoms with Gasteiger partial charge in [0.25, 0.3) is 0 Å². The summed E-state index contributed by atoms with van der Waals surface area (Å²) in [5, 5.41) is 8.29. The summed E-state index contributed by atoms with van der Waals surface area (Å²) in [5.41, 5.74) is 1.20. The third-order valence-corrected chi connectivity index (χ3v) is 4.54. The molecule has 0 spiro atoms. The van der Waals surface area contributed by atoms with E-state index in [1.54, 1.807) is 0 Å². The van der Waals surface area contributed by atoms with Crippen LogP contribution in [0.2, 0.25) is 0 Å². The van der Waals surface area contributed by atoms with E-state index < -0.39 is 0 Å². The molecule has 108 valence electrons. The first-order valence-corrected chi connectivity index (χ1v) is 7.49.